The zero-order valence-electron chi connectivity index (χ0n) is 7.83. The van der Waals surface area contributed by atoms with Crippen LogP contribution in [0.3, 0.4) is 0 Å². The molecule has 0 aliphatic rings. The summed E-state index contributed by atoms with van der Waals surface area (Å²) in [5.41, 5.74) is 0. The molecule has 0 aromatic heterocycles. The quantitative estimate of drug-likeness (QED) is 0.600. The predicted octanol–water partition coefficient (Wildman–Crippen LogP) is 1.14. The summed E-state index contributed by atoms with van der Waals surface area (Å²) in [6.07, 6.45) is 0. The molecule has 0 atom stereocenters. The first-order valence-electron chi connectivity index (χ1n) is 4.26. The van der Waals surface area contributed by atoms with Gasteiger partial charge in [0.05, 0.1) is 0 Å². The molecule has 1 rings (SSSR count). The van der Waals surface area contributed by atoms with E-state index in [4.69, 9.17) is 4.74 Å². The van der Waals surface area contributed by atoms with E-state index in [2.05, 4.69) is 0 Å². The second-order valence-corrected chi connectivity index (χ2v) is 4.75. The average Bonchev–Trinajstić information content (AvgIpc) is 2.17. The summed E-state index contributed by atoms with van der Waals surface area (Å²) in [4.78, 5) is 11.0. The van der Waals surface area contributed by atoms with Gasteiger partial charge in [-0.2, -0.15) is 0 Å². The topological polar surface area (TPSA) is 26.3 Å². The molecule has 0 heterocycles. The SMILES string of the molecule is CCOC(=O)C[Se]c1ccc(F)cc1. The first-order valence-corrected chi connectivity index (χ1v) is 6.33. The predicted molar refractivity (Wildman–Crippen MR) is 53.2 cm³/mol. The molecule has 1 aromatic carbocycles. The summed E-state index contributed by atoms with van der Waals surface area (Å²) in [5, 5.41) is 0.409. The number of ether oxygens (including phenoxy) is 1. The first-order chi connectivity index (χ1) is 6.72. The molecule has 1 aromatic rings. The minimum atomic E-state index is -0.249. The second kappa shape index (κ2) is 5.78. The Labute approximate surface area is 88.6 Å². The van der Waals surface area contributed by atoms with Crippen LogP contribution < -0.4 is 4.46 Å². The van der Waals surface area contributed by atoms with E-state index in [9.17, 15) is 9.18 Å². The van der Waals surface area contributed by atoms with Gasteiger partial charge in [-0.15, -0.1) is 0 Å². The Morgan fingerprint density at radius 1 is 1.43 bits per heavy atom. The number of hydrogen-bond donors (Lipinski definition) is 0. The normalized spacial score (nSPS) is 9.86. The molecular weight excluding hydrogens is 250 g/mol. The third kappa shape index (κ3) is 3.90. The Kier molecular flexibility index (Phi) is 4.63. The third-order valence-electron chi connectivity index (χ3n) is 1.48. The van der Waals surface area contributed by atoms with Gasteiger partial charge in [-0.3, -0.25) is 0 Å². The van der Waals surface area contributed by atoms with Gasteiger partial charge >= 0.3 is 88.2 Å². The van der Waals surface area contributed by atoms with Gasteiger partial charge in [-0.25, -0.2) is 0 Å². The number of benzene rings is 1. The first kappa shape index (κ1) is 11.2. The number of halogens is 1. The van der Waals surface area contributed by atoms with E-state index in [1.807, 2.05) is 0 Å². The van der Waals surface area contributed by atoms with Gasteiger partial charge in [0.1, 0.15) is 0 Å². The Balaban J connectivity index is 2.38. The van der Waals surface area contributed by atoms with Gasteiger partial charge in [0.25, 0.3) is 0 Å². The number of carbonyl (C=O) groups is 1. The van der Waals surface area contributed by atoms with Gasteiger partial charge in [0.2, 0.25) is 0 Å². The molecule has 4 heteroatoms. The molecule has 0 unspecified atom stereocenters. The van der Waals surface area contributed by atoms with Crippen molar-refractivity contribution in [1.82, 2.24) is 0 Å². The van der Waals surface area contributed by atoms with Crippen molar-refractivity contribution in [1.29, 1.82) is 0 Å². The van der Waals surface area contributed by atoms with Crippen molar-refractivity contribution in [2.75, 3.05) is 6.61 Å². The van der Waals surface area contributed by atoms with Crippen LogP contribution >= 0.6 is 0 Å². The third-order valence-corrected chi connectivity index (χ3v) is 3.54. The standard InChI is InChI=1S/C10H11FO2Se/c1-2-13-10(12)7-14-9-5-3-8(11)4-6-9/h3-6H,2,7H2,1H3. The molecule has 0 aliphatic carbocycles. The van der Waals surface area contributed by atoms with Crippen molar-refractivity contribution in [2.45, 2.75) is 12.2 Å². The molecule has 0 radical (unpaired) electrons. The number of esters is 1. The summed E-state index contributed by atoms with van der Waals surface area (Å²) >= 11 is 0.0416. The molecule has 76 valence electrons. The van der Waals surface area contributed by atoms with Gasteiger partial charge in [0, 0.05) is 0 Å². The molecule has 0 aliphatic heterocycles. The number of hydrogen-bond acceptors (Lipinski definition) is 2. The van der Waals surface area contributed by atoms with E-state index >= 15 is 0 Å². The van der Waals surface area contributed by atoms with Crippen molar-refractivity contribution >= 4 is 25.4 Å². The maximum atomic E-state index is 12.5. The molecule has 0 bridgehead atoms. The summed E-state index contributed by atoms with van der Waals surface area (Å²) in [7, 11) is 0. The van der Waals surface area contributed by atoms with Crippen LogP contribution in [-0.2, 0) is 9.53 Å². The summed E-state index contributed by atoms with van der Waals surface area (Å²) in [5.74, 6) is -0.433. The monoisotopic (exact) mass is 262 g/mol. The van der Waals surface area contributed by atoms with Gasteiger partial charge < -0.3 is 0 Å². The van der Waals surface area contributed by atoms with Crippen LogP contribution in [0.1, 0.15) is 6.92 Å². The molecule has 2 nitrogen and oxygen atoms in total. The number of rotatable bonds is 4. The van der Waals surface area contributed by atoms with Crippen LogP contribution in [0.5, 0.6) is 0 Å². The van der Waals surface area contributed by atoms with E-state index in [-0.39, 0.29) is 26.7 Å². The van der Waals surface area contributed by atoms with Crippen LogP contribution in [-0.4, -0.2) is 27.5 Å². The van der Waals surface area contributed by atoms with Crippen molar-refractivity contribution in [3.8, 4) is 0 Å². The molecule has 0 fully saturated rings. The van der Waals surface area contributed by atoms with Crippen LogP contribution in [0, 0.1) is 5.82 Å². The van der Waals surface area contributed by atoms with Gasteiger partial charge in [-0.05, 0) is 0 Å². The zero-order valence-corrected chi connectivity index (χ0v) is 9.54. The minimum absolute atomic E-state index is 0.0416. The summed E-state index contributed by atoms with van der Waals surface area (Å²) in [6, 6.07) is 6.22. The Hall–Kier alpha value is -0.861. The van der Waals surface area contributed by atoms with Crippen molar-refractivity contribution in [2.24, 2.45) is 0 Å². The van der Waals surface area contributed by atoms with E-state index in [1.54, 1.807) is 19.1 Å². The van der Waals surface area contributed by atoms with E-state index in [1.165, 1.54) is 12.1 Å². The summed E-state index contributed by atoms with van der Waals surface area (Å²) < 4.78 is 18.3. The molecule has 14 heavy (non-hydrogen) atoms. The zero-order chi connectivity index (χ0) is 10.4. The Morgan fingerprint density at radius 3 is 2.64 bits per heavy atom. The number of carbonyl (C=O) groups excluding carboxylic acids is 1. The summed E-state index contributed by atoms with van der Waals surface area (Å²) in [6.45, 7) is 2.20. The molecular formula is C10H11FO2Se. The molecule has 0 saturated carbocycles. The van der Waals surface area contributed by atoms with Crippen LogP contribution in [0.15, 0.2) is 24.3 Å². The average molecular weight is 261 g/mol. The van der Waals surface area contributed by atoms with Gasteiger partial charge in [-0.1, -0.05) is 0 Å². The molecule has 0 N–H and O–H groups in total. The van der Waals surface area contributed by atoms with Crippen LogP contribution in [0.25, 0.3) is 0 Å². The van der Waals surface area contributed by atoms with Crippen LogP contribution in [0.2, 0.25) is 5.32 Å². The maximum absolute atomic E-state index is 12.5. The van der Waals surface area contributed by atoms with E-state index in [0.717, 1.165) is 4.46 Å². The van der Waals surface area contributed by atoms with Crippen molar-refractivity contribution in [3.05, 3.63) is 30.1 Å². The van der Waals surface area contributed by atoms with Crippen molar-refractivity contribution in [3.63, 3.8) is 0 Å². The Morgan fingerprint density at radius 2 is 2.07 bits per heavy atom. The fraction of sp³-hybridized carbons (Fsp3) is 0.300. The molecule has 0 spiro atoms. The van der Waals surface area contributed by atoms with Gasteiger partial charge in [0.15, 0.2) is 0 Å². The van der Waals surface area contributed by atoms with E-state index < -0.39 is 0 Å². The fourth-order valence-corrected chi connectivity index (χ4v) is 2.34. The molecule has 0 saturated heterocycles. The van der Waals surface area contributed by atoms with E-state index in [0.29, 0.717) is 11.9 Å². The fourth-order valence-electron chi connectivity index (χ4n) is 0.876. The van der Waals surface area contributed by atoms with Crippen molar-refractivity contribution < 1.29 is 13.9 Å². The Bertz CT molecular complexity index is 297. The molecule has 0 amide bonds. The van der Waals surface area contributed by atoms with Crippen LogP contribution in [0.4, 0.5) is 4.39 Å². The second-order valence-electron chi connectivity index (χ2n) is 2.55.